The van der Waals surface area contributed by atoms with E-state index in [9.17, 15) is 10.1 Å². The Kier molecular flexibility index (Phi) is 2.42. The maximum atomic E-state index is 10.4. The number of nitrogen functional groups attached to an aromatic ring is 1. The van der Waals surface area contributed by atoms with E-state index >= 15 is 0 Å². The van der Waals surface area contributed by atoms with Crippen molar-refractivity contribution in [1.29, 1.82) is 5.26 Å². The highest BCUT2D eigenvalue weighted by Crippen LogP contribution is 2.20. The Balaban J connectivity index is 3.26. The Morgan fingerprint density at radius 2 is 2.31 bits per heavy atom. The summed E-state index contributed by atoms with van der Waals surface area (Å²) in [4.78, 5) is 9.77. The fourth-order valence-corrected chi connectivity index (χ4v) is 0.875. The molecule has 6 heteroatoms. The molecule has 6 nitrogen and oxygen atoms in total. The van der Waals surface area contributed by atoms with Gasteiger partial charge in [-0.2, -0.15) is 5.26 Å². The molecule has 0 aliphatic heterocycles. The van der Waals surface area contributed by atoms with E-state index in [-0.39, 0.29) is 11.3 Å². The predicted octanol–water partition coefficient (Wildman–Crippen LogP) is 0.752. The minimum atomic E-state index is -0.612. The summed E-state index contributed by atoms with van der Waals surface area (Å²) in [5.74, 6) is 5.07. The van der Waals surface area contributed by atoms with Crippen LogP contribution in [0.1, 0.15) is 5.56 Å². The number of hydrogen-bond donors (Lipinski definition) is 2. The number of hydrogen-bond acceptors (Lipinski definition) is 5. The average Bonchev–Trinajstić information content (AvgIpc) is 2.16. The summed E-state index contributed by atoms with van der Waals surface area (Å²) in [6.07, 6.45) is 0. The third kappa shape index (κ3) is 1.72. The van der Waals surface area contributed by atoms with Crippen LogP contribution in [0.2, 0.25) is 0 Å². The molecular formula is C7H6N4O2. The van der Waals surface area contributed by atoms with Gasteiger partial charge in [-0.25, -0.2) is 0 Å². The first-order chi connectivity index (χ1) is 6.19. The van der Waals surface area contributed by atoms with Crippen molar-refractivity contribution in [3.05, 3.63) is 33.9 Å². The van der Waals surface area contributed by atoms with Gasteiger partial charge in [-0.15, -0.1) is 0 Å². The lowest BCUT2D eigenvalue weighted by Gasteiger charge is -1.99. The van der Waals surface area contributed by atoms with Crippen LogP contribution in [0.5, 0.6) is 0 Å². The first-order valence-electron chi connectivity index (χ1n) is 3.34. The van der Waals surface area contributed by atoms with Crippen molar-refractivity contribution < 1.29 is 4.92 Å². The van der Waals surface area contributed by atoms with Gasteiger partial charge in [0, 0.05) is 6.07 Å². The van der Waals surface area contributed by atoms with Crippen molar-refractivity contribution in [3.63, 3.8) is 0 Å². The number of nitrogens with zero attached hydrogens (tertiary/aromatic N) is 2. The molecule has 0 saturated carbocycles. The summed E-state index contributed by atoms with van der Waals surface area (Å²) in [6, 6.07) is 5.69. The second-order valence-electron chi connectivity index (χ2n) is 2.25. The van der Waals surface area contributed by atoms with Crippen molar-refractivity contribution in [2.45, 2.75) is 0 Å². The molecule has 0 atom stereocenters. The molecule has 0 spiro atoms. The maximum absolute atomic E-state index is 10.4. The second kappa shape index (κ2) is 3.51. The molecule has 13 heavy (non-hydrogen) atoms. The van der Waals surface area contributed by atoms with Crippen LogP contribution in [0.15, 0.2) is 18.2 Å². The molecule has 0 fully saturated rings. The normalized spacial score (nSPS) is 8.92. The molecule has 0 radical (unpaired) electrons. The Labute approximate surface area is 73.7 Å². The van der Waals surface area contributed by atoms with Gasteiger partial charge in [0.25, 0.3) is 5.69 Å². The van der Waals surface area contributed by atoms with Gasteiger partial charge in [-0.05, 0) is 12.1 Å². The molecule has 0 aliphatic rings. The Morgan fingerprint density at radius 3 is 2.77 bits per heavy atom. The Hall–Kier alpha value is -2.13. The molecule has 1 rings (SSSR count). The van der Waals surface area contributed by atoms with Gasteiger partial charge in [-0.1, -0.05) is 0 Å². The summed E-state index contributed by atoms with van der Waals surface area (Å²) in [5, 5.41) is 18.9. The number of nitro groups is 1. The topological polar surface area (TPSA) is 105 Å². The van der Waals surface area contributed by atoms with Crippen LogP contribution < -0.4 is 11.3 Å². The van der Waals surface area contributed by atoms with Crippen LogP contribution in [0.4, 0.5) is 11.4 Å². The molecule has 1 aromatic carbocycles. The van der Waals surface area contributed by atoms with Crippen LogP contribution in [0.3, 0.4) is 0 Å². The van der Waals surface area contributed by atoms with Crippen molar-refractivity contribution in [2.75, 3.05) is 5.43 Å². The highest BCUT2D eigenvalue weighted by Gasteiger charge is 2.12. The summed E-state index contributed by atoms with van der Waals surface area (Å²) >= 11 is 0. The van der Waals surface area contributed by atoms with Crippen molar-refractivity contribution in [3.8, 4) is 6.07 Å². The zero-order valence-corrected chi connectivity index (χ0v) is 6.52. The molecule has 0 heterocycles. The number of nitriles is 1. The molecule has 0 aliphatic carbocycles. The van der Waals surface area contributed by atoms with Crippen molar-refractivity contribution >= 4 is 11.4 Å². The molecule has 1 aromatic rings. The lowest BCUT2D eigenvalue weighted by molar-refractivity contribution is -0.385. The minimum absolute atomic E-state index is 0.0135. The first-order valence-corrected chi connectivity index (χ1v) is 3.34. The molecule has 0 amide bonds. The standard InChI is InChI=1S/C7H6N4O2/c8-4-5-3-6(10-9)1-2-7(5)11(12)13/h1-3,10H,9H2. The summed E-state index contributed by atoms with van der Waals surface area (Å²) in [7, 11) is 0. The van der Waals surface area contributed by atoms with E-state index in [0.29, 0.717) is 5.69 Å². The summed E-state index contributed by atoms with van der Waals surface area (Å²) in [6.45, 7) is 0. The highest BCUT2D eigenvalue weighted by atomic mass is 16.6. The number of benzene rings is 1. The lowest BCUT2D eigenvalue weighted by atomic mass is 10.2. The summed E-state index contributed by atoms with van der Waals surface area (Å²) in [5.41, 5.74) is 2.52. The van der Waals surface area contributed by atoms with Crippen molar-refractivity contribution in [1.82, 2.24) is 0 Å². The zero-order chi connectivity index (χ0) is 9.84. The van der Waals surface area contributed by atoms with Crippen LogP contribution >= 0.6 is 0 Å². The summed E-state index contributed by atoms with van der Waals surface area (Å²) < 4.78 is 0. The molecule has 3 N–H and O–H groups in total. The SMILES string of the molecule is N#Cc1cc(NN)ccc1[N+](=O)[O-]. The van der Waals surface area contributed by atoms with E-state index in [1.54, 1.807) is 6.07 Å². The quantitative estimate of drug-likeness (QED) is 0.395. The van der Waals surface area contributed by atoms with E-state index < -0.39 is 4.92 Å². The zero-order valence-electron chi connectivity index (χ0n) is 6.52. The molecule has 0 bridgehead atoms. The number of hydrazine groups is 1. The van der Waals surface area contributed by atoms with Crippen LogP contribution in [0, 0.1) is 21.4 Å². The van der Waals surface area contributed by atoms with E-state index in [0.717, 1.165) is 0 Å². The number of anilines is 1. The van der Waals surface area contributed by atoms with E-state index in [2.05, 4.69) is 5.43 Å². The molecular weight excluding hydrogens is 172 g/mol. The molecule has 66 valence electrons. The fourth-order valence-electron chi connectivity index (χ4n) is 0.875. The van der Waals surface area contributed by atoms with Gasteiger partial charge in [-0.3, -0.25) is 16.0 Å². The molecule has 0 unspecified atom stereocenters. The third-order valence-corrected chi connectivity index (χ3v) is 1.48. The highest BCUT2D eigenvalue weighted by molar-refractivity contribution is 5.58. The second-order valence-corrected chi connectivity index (χ2v) is 2.25. The van der Waals surface area contributed by atoms with Gasteiger partial charge in [0.15, 0.2) is 0 Å². The van der Waals surface area contributed by atoms with Crippen molar-refractivity contribution in [2.24, 2.45) is 5.84 Å². The lowest BCUT2D eigenvalue weighted by Crippen LogP contribution is -2.07. The first kappa shape index (κ1) is 8.96. The molecule has 0 aromatic heterocycles. The predicted molar refractivity (Wildman–Crippen MR) is 45.6 cm³/mol. The monoisotopic (exact) mass is 178 g/mol. The number of rotatable bonds is 2. The number of nitrogens with one attached hydrogen (secondary N) is 1. The average molecular weight is 178 g/mol. The third-order valence-electron chi connectivity index (χ3n) is 1.48. The number of nitrogens with two attached hydrogens (primary N) is 1. The van der Waals surface area contributed by atoms with Crippen LogP contribution in [-0.2, 0) is 0 Å². The van der Waals surface area contributed by atoms with Gasteiger partial charge >= 0.3 is 0 Å². The minimum Gasteiger partial charge on any atom is -0.324 e. The largest absolute Gasteiger partial charge is 0.324 e. The fraction of sp³-hybridized carbons (Fsp3) is 0. The van der Waals surface area contributed by atoms with E-state index in [1.807, 2.05) is 0 Å². The smallest absolute Gasteiger partial charge is 0.287 e. The van der Waals surface area contributed by atoms with Crippen LogP contribution in [-0.4, -0.2) is 4.92 Å². The Bertz CT molecular complexity index is 383. The van der Waals surface area contributed by atoms with Gasteiger partial charge in [0.05, 0.1) is 10.6 Å². The van der Waals surface area contributed by atoms with E-state index in [4.69, 9.17) is 11.1 Å². The van der Waals surface area contributed by atoms with Crippen LogP contribution in [0.25, 0.3) is 0 Å². The molecule has 0 saturated heterocycles. The Morgan fingerprint density at radius 1 is 1.62 bits per heavy atom. The number of nitro benzene ring substituents is 1. The van der Waals surface area contributed by atoms with Gasteiger partial charge < -0.3 is 5.43 Å². The van der Waals surface area contributed by atoms with E-state index in [1.165, 1.54) is 18.2 Å². The van der Waals surface area contributed by atoms with Gasteiger partial charge in [0.2, 0.25) is 0 Å². The maximum Gasteiger partial charge on any atom is 0.287 e. The van der Waals surface area contributed by atoms with Gasteiger partial charge in [0.1, 0.15) is 11.6 Å².